The zero-order chi connectivity index (χ0) is 19.2. The predicted octanol–water partition coefficient (Wildman–Crippen LogP) is 3.41. The Kier molecular flexibility index (Phi) is 6.02. The van der Waals surface area contributed by atoms with Crippen molar-refractivity contribution in [1.82, 2.24) is 5.32 Å². The molecule has 0 radical (unpaired) electrons. The van der Waals surface area contributed by atoms with Crippen LogP contribution in [-0.4, -0.2) is 25.5 Å². The molecular formula is C21H21F2N3O. The molecule has 0 saturated carbocycles. The third kappa shape index (κ3) is 4.82. The van der Waals surface area contributed by atoms with Crippen molar-refractivity contribution in [2.45, 2.75) is 19.3 Å². The highest BCUT2D eigenvalue weighted by molar-refractivity contribution is 5.79. The first kappa shape index (κ1) is 18.8. The Morgan fingerprint density at radius 3 is 2.48 bits per heavy atom. The molecule has 1 heterocycles. The third-order valence-electron chi connectivity index (χ3n) is 4.91. The summed E-state index contributed by atoms with van der Waals surface area (Å²) in [5.41, 5.74) is 1.75. The molecule has 1 fully saturated rings. The van der Waals surface area contributed by atoms with E-state index in [4.69, 9.17) is 5.26 Å². The fourth-order valence-corrected chi connectivity index (χ4v) is 3.34. The number of hydrogen-bond donors (Lipinski definition) is 1. The smallest absolute Gasteiger partial charge is 0.223 e. The van der Waals surface area contributed by atoms with E-state index in [0.29, 0.717) is 50.1 Å². The number of nitrogens with one attached hydrogen (secondary N) is 1. The highest BCUT2D eigenvalue weighted by atomic mass is 19.1. The fourth-order valence-electron chi connectivity index (χ4n) is 3.34. The topological polar surface area (TPSA) is 56.1 Å². The Labute approximate surface area is 157 Å². The van der Waals surface area contributed by atoms with E-state index in [0.717, 1.165) is 5.56 Å². The second-order valence-electron chi connectivity index (χ2n) is 6.71. The molecule has 0 bridgehead atoms. The maximum atomic E-state index is 14.1. The van der Waals surface area contributed by atoms with Gasteiger partial charge in [-0.2, -0.15) is 5.26 Å². The number of hydrogen-bond acceptors (Lipinski definition) is 3. The summed E-state index contributed by atoms with van der Waals surface area (Å²) >= 11 is 0. The van der Waals surface area contributed by atoms with Gasteiger partial charge in [0.25, 0.3) is 0 Å². The number of halogens is 2. The van der Waals surface area contributed by atoms with Crippen molar-refractivity contribution < 1.29 is 13.6 Å². The third-order valence-corrected chi connectivity index (χ3v) is 4.91. The molecule has 2 aromatic rings. The first-order valence-electron chi connectivity index (χ1n) is 9.03. The number of nitrogens with zero attached hydrogens (tertiary/aromatic N) is 2. The number of amides is 1. The molecule has 0 unspecified atom stereocenters. The van der Waals surface area contributed by atoms with Crippen LogP contribution in [0.15, 0.2) is 42.5 Å². The van der Waals surface area contributed by atoms with E-state index in [2.05, 4.69) is 5.32 Å². The van der Waals surface area contributed by atoms with Crippen LogP contribution in [0.4, 0.5) is 14.5 Å². The predicted molar refractivity (Wildman–Crippen MR) is 99.2 cm³/mol. The van der Waals surface area contributed by atoms with Gasteiger partial charge in [-0.3, -0.25) is 4.79 Å². The van der Waals surface area contributed by atoms with E-state index < -0.39 is 5.82 Å². The van der Waals surface area contributed by atoms with Crippen molar-refractivity contribution in [2.24, 2.45) is 5.92 Å². The van der Waals surface area contributed by atoms with Crippen molar-refractivity contribution in [3.05, 3.63) is 65.2 Å². The molecule has 1 aliphatic heterocycles. The lowest BCUT2D eigenvalue weighted by Gasteiger charge is -2.33. The minimum Gasteiger partial charge on any atom is -0.369 e. The van der Waals surface area contributed by atoms with E-state index >= 15 is 0 Å². The molecule has 3 rings (SSSR count). The molecule has 1 aliphatic rings. The molecule has 1 amide bonds. The molecule has 0 aromatic heterocycles. The van der Waals surface area contributed by atoms with Crippen LogP contribution in [0.1, 0.15) is 24.0 Å². The quantitative estimate of drug-likeness (QED) is 0.879. The van der Waals surface area contributed by atoms with Gasteiger partial charge >= 0.3 is 0 Å². The van der Waals surface area contributed by atoms with Gasteiger partial charge in [-0.15, -0.1) is 0 Å². The van der Waals surface area contributed by atoms with Gasteiger partial charge in [0.15, 0.2) is 0 Å². The summed E-state index contributed by atoms with van der Waals surface area (Å²) in [6.45, 7) is 1.70. The number of carbonyl (C=O) groups excluding carboxylic acids is 1. The van der Waals surface area contributed by atoms with Gasteiger partial charge in [-0.25, -0.2) is 8.78 Å². The summed E-state index contributed by atoms with van der Waals surface area (Å²) in [6, 6.07) is 12.6. The van der Waals surface area contributed by atoms with Crippen LogP contribution in [0.3, 0.4) is 0 Å². The van der Waals surface area contributed by atoms with E-state index in [1.54, 1.807) is 24.3 Å². The molecule has 0 atom stereocenters. The maximum Gasteiger partial charge on any atom is 0.223 e. The normalized spacial score (nSPS) is 14.6. The lowest BCUT2D eigenvalue weighted by Crippen LogP contribution is -2.41. The van der Waals surface area contributed by atoms with E-state index in [1.165, 1.54) is 18.2 Å². The Bertz CT molecular complexity index is 837. The number of carbonyl (C=O) groups is 1. The van der Waals surface area contributed by atoms with Crippen molar-refractivity contribution in [2.75, 3.05) is 24.5 Å². The molecular weight excluding hydrogens is 348 g/mol. The number of anilines is 1. The number of rotatable bonds is 5. The van der Waals surface area contributed by atoms with E-state index in [1.807, 2.05) is 11.0 Å². The molecule has 27 heavy (non-hydrogen) atoms. The minimum absolute atomic E-state index is 0.0112. The molecule has 0 spiro atoms. The monoisotopic (exact) mass is 369 g/mol. The average Bonchev–Trinajstić information content (AvgIpc) is 2.69. The van der Waals surface area contributed by atoms with Gasteiger partial charge in [0.2, 0.25) is 5.91 Å². The highest BCUT2D eigenvalue weighted by Gasteiger charge is 2.26. The van der Waals surface area contributed by atoms with Gasteiger partial charge in [-0.1, -0.05) is 12.1 Å². The molecule has 1 saturated heterocycles. The summed E-state index contributed by atoms with van der Waals surface area (Å²) in [5, 5.41) is 11.8. The van der Waals surface area contributed by atoms with Crippen LogP contribution >= 0.6 is 0 Å². The van der Waals surface area contributed by atoms with Crippen molar-refractivity contribution in [3.63, 3.8) is 0 Å². The summed E-state index contributed by atoms with van der Waals surface area (Å²) < 4.78 is 27.0. The highest BCUT2D eigenvalue weighted by Crippen LogP contribution is 2.26. The van der Waals surface area contributed by atoms with E-state index in [9.17, 15) is 13.6 Å². The molecule has 0 aliphatic carbocycles. The van der Waals surface area contributed by atoms with Gasteiger partial charge in [-0.05, 0) is 55.2 Å². The zero-order valence-corrected chi connectivity index (χ0v) is 14.9. The Morgan fingerprint density at radius 1 is 1.15 bits per heavy atom. The molecule has 1 N–H and O–H groups in total. The zero-order valence-electron chi connectivity index (χ0n) is 14.9. The second-order valence-corrected chi connectivity index (χ2v) is 6.71. The van der Waals surface area contributed by atoms with Crippen LogP contribution in [0, 0.1) is 28.9 Å². The summed E-state index contributed by atoms with van der Waals surface area (Å²) in [6.07, 6.45) is 1.96. The molecule has 4 nitrogen and oxygen atoms in total. The number of benzene rings is 2. The number of piperidine rings is 1. The van der Waals surface area contributed by atoms with Crippen LogP contribution in [0.5, 0.6) is 0 Å². The van der Waals surface area contributed by atoms with Gasteiger partial charge in [0, 0.05) is 25.6 Å². The summed E-state index contributed by atoms with van der Waals surface area (Å²) in [4.78, 5) is 14.3. The van der Waals surface area contributed by atoms with Gasteiger partial charge in [0.1, 0.15) is 11.6 Å². The van der Waals surface area contributed by atoms with Crippen molar-refractivity contribution >= 4 is 11.6 Å². The van der Waals surface area contributed by atoms with Crippen LogP contribution < -0.4 is 10.2 Å². The lowest BCUT2D eigenvalue weighted by atomic mass is 9.95. The standard InChI is InChI=1S/C21H21F2N3O/c22-18-4-1-15(2-5-18)7-10-25-21(27)17-8-11-26(12-9-17)20-6-3-16(14-24)13-19(20)23/h1-6,13,17H,7-12H2,(H,25,27). The maximum absolute atomic E-state index is 14.1. The minimum atomic E-state index is -0.406. The Hall–Kier alpha value is -2.94. The Balaban J connectivity index is 1.46. The largest absolute Gasteiger partial charge is 0.369 e. The van der Waals surface area contributed by atoms with Crippen LogP contribution in [-0.2, 0) is 11.2 Å². The first-order valence-corrected chi connectivity index (χ1v) is 9.03. The molecule has 6 heteroatoms. The van der Waals surface area contributed by atoms with Crippen molar-refractivity contribution in [3.8, 4) is 6.07 Å². The lowest BCUT2D eigenvalue weighted by molar-refractivity contribution is -0.125. The number of nitriles is 1. The van der Waals surface area contributed by atoms with E-state index in [-0.39, 0.29) is 17.6 Å². The van der Waals surface area contributed by atoms with Crippen LogP contribution in [0.25, 0.3) is 0 Å². The van der Waals surface area contributed by atoms with Gasteiger partial charge in [0.05, 0.1) is 17.3 Å². The first-order chi connectivity index (χ1) is 13.1. The van der Waals surface area contributed by atoms with Crippen molar-refractivity contribution in [1.29, 1.82) is 5.26 Å². The SMILES string of the molecule is N#Cc1ccc(N2CCC(C(=O)NCCc3ccc(F)cc3)CC2)c(F)c1. The van der Waals surface area contributed by atoms with Crippen LogP contribution in [0.2, 0.25) is 0 Å². The van der Waals surface area contributed by atoms with Gasteiger partial charge < -0.3 is 10.2 Å². The molecule has 140 valence electrons. The average molecular weight is 369 g/mol. The fraction of sp³-hybridized carbons (Fsp3) is 0.333. The summed E-state index contributed by atoms with van der Waals surface area (Å²) in [5.74, 6) is -0.752. The summed E-state index contributed by atoms with van der Waals surface area (Å²) in [7, 11) is 0. The Morgan fingerprint density at radius 2 is 1.85 bits per heavy atom. The second kappa shape index (κ2) is 8.63. The molecule has 2 aromatic carbocycles.